The summed E-state index contributed by atoms with van der Waals surface area (Å²) >= 11 is 0. The Hall–Kier alpha value is -2.93. The van der Waals surface area contributed by atoms with Crippen LogP contribution in [-0.2, 0) is 9.47 Å². The van der Waals surface area contributed by atoms with Crippen molar-refractivity contribution in [2.24, 2.45) is 0 Å². The zero-order valence-corrected chi connectivity index (χ0v) is 13.7. The lowest BCUT2D eigenvalue weighted by atomic mass is 10.2. The number of amides is 1. The van der Waals surface area contributed by atoms with Crippen LogP contribution in [0.3, 0.4) is 0 Å². The van der Waals surface area contributed by atoms with Gasteiger partial charge in [-0.3, -0.25) is 4.79 Å². The molecule has 3 rings (SSSR count). The van der Waals surface area contributed by atoms with Gasteiger partial charge in [0.2, 0.25) is 5.88 Å². The molecule has 2 aromatic rings. The second-order valence-corrected chi connectivity index (χ2v) is 5.51. The number of rotatable bonds is 5. The van der Waals surface area contributed by atoms with E-state index in [2.05, 4.69) is 15.0 Å². The fourth-order valence-electron chi connectivity index (χ4n) is 2.37. The molecule has 1 amide bonds. The van der Waals surface area contributed by atoms with Gasteiger partial charge in [-0.2, -0.15) is 0 Å². The van der Waals surface area contributed by atoms with Crippen LogP contribution >= 0.6 is 0 Å². The van der Waals surface area contributed by atoms with Crippen LogP contribution in [0.25, 0.3) is 0 Å². The Morgan fingerprint density at radius 3 is 2.52 bits per heavy atom. The molecule has 25 heavy (non-hydrogen) atoms. The van der Waals surface area contributed by atoms with Gasteiger partial charge in [-0.15, -0.1) is 0 Å². The molecular formula is C18H18N2O5. The number of anilines is 1. The van der Waals surface area contributed by atoms with Gasteiger partial charge in [0, 0.05) is 24.4 Å². The number of methoxy groups -OCH3 is 1. The molecule has 130 valence electrons. The minimum atomic E-state index is -0.426. The lowest BCUT2D eigenvalue weighted by Crippen LogP contribution is -2.17. The monoisotopic (exact) mass is 342 g/mol. The van der Waals surface area contributed by atoms with Gasteiger partial charge in [-0.1, -0.05) is 0 Å². The number of hydrogen-bond acceptors (Lipinski definition) is 6. The van der Waals surface area contributed by atoms with E-state index < -0.39 is 5.97 Å². The third kappa shape index (κ3) is 4.33. The summed E-state index contributed by atoms with van der Waals surface area (Å²) < 4.78 is 15.5. The number of carbonyl (C=O) groups is 2. The summed E-state index contributed by atoms with van der Waals surface area (Å²) in [5.74, 6) is -0.256. The number of ether oxygens (including phenoxy) is 3. The molecule has 2 heterocycles. The van der Waals surface area contributed by atoms with E-state index in [0.29, 0.717) is 35.9 Å². The number of hydrogen-bond donors (Lipinski definition) is 1. The fraction of sp³-hybridized carbons (Fsp3) is 0.278. The first-order valence-corrected chi connectivity index (χ1v) is 7.86. The Labute approximate surface area is 144 Å². The van der Waals surface area contributed by atoms with Crippen molar-refractivity contribution in [1.82, 2.24) is 4.98 Å². The molecule has 1 saturated heterocycles. The van der Waals surface area contributed by atoms with Crippen molar-refractivity contribution in [2.45, 2.75) is 12.5 Å². The van der Waals surface area contributed by atoms with Gasteiger partial charge < -0.3 is 19.5 Å². The molecule has 1 N–H and O–H groups in total. The third-order valence-corrected chi connectivity index (χ3v) is 3.74. The smallest absolute Gasteiger partial charge is 0.337 e. The predicted octanol–water partition coefficient (Wildman–Crippen LogP) is 2.29. The zero-order valence-electron chi connectivity index (χ0n) is 13.7. The Morgan fingerprint density at radius 2 is 1.92 bits per heavy atom. The highest BCUT2D eigenvalue weighted by Crippen LogP contribution is 2.16. The summed E-state index contributed by atoms with van der Waals surface area (Å²) in [6.45, 7) is 1.26. The van der Waals surface area contributed by atoms with Crippen molar-refractivity contribution in [2.75, 3.05) is 25.6 Å². The maximum Gasteiger partial charge on any atom is 0.337 e. The molecule has 0 unspecified atom stereocenters. The minimum Gasteiger partial charge on any atom is -0.472 e. The Balaban J connectivity index is 1.59. The summed E-state index contributed by atoms with van der Waals surface area (Å²) in [7, 11) is 1.32. The highest BCUT2D eigenvalue weighted by molar-refractivity contribution is 6.04. The lowest BCUT2D eigenvalue weighted by Gasteiger charge is -2.11. The summed E-state index contributed by atoms with van der Waals surface area (Å²) in [5, 5.41) is 2.74. The average molecular weight is 342 g/mol. The van der Waals surface area contributed by atoms with E-state index in [9.17, 15) is 9.59 Å². The van der Waals surface area contributed by atoms with Gasteiger partial charge in [-0.05, 0) is 30.3 Å². The molecule has 0 saturated carbocycles. The van der Waals surface area contributed by atoms with Crippen LogP contribution in [0, 0.1) is 0 Å². The van der Waals surface area contributed by atoms with E-state index in [0.717, 1.165) is 6.42 Å². The lowest BCUT2D eigenvalue weighted by molar-refractivity contribution is 0.0600. The van der Waals surface area contributed by atoms with Gasteiger partial charge in [0.05, 0.1) is 31.5 Å². The Kier molecular flexibility index (Phi) is 5.25. The van der Waals surface area contributed by atoms with E-state index in [1.807, 2.05) is 0 Å². The summed E-state index contributed by atoms with van der Waals surface area (Å²) in [5.41, 5.74) is 1.40. The molecule has 1 aromatic heterocycles. The number of pyridine rings is 1. The molecule has 1 fully saturated rings. The number of aromatic nitrogens is 1. The molecule has 1 aliphatic heterocycles. The van der Waals surface area contributed by atoms with Crippen LogP contribution in [0.15, 0.2) is 42.6 Å². The highest BCUT2D eigenvalue weighted by atomic mass is 16.5. The molecular weight excluding hydrogens is 324 g/mol. The van der Waals surface area contributed by atoms with Crippen LogP contribution in [-0.4, -0.2) is 43.3 Å². The first-order valence-electron chi connectivity index (χ1n) is 7.86. The molecule has 1 atom stereocenters. The molecule has 0 aliphatic carbocycles. The van der Waals surface area contributed by atoms with Crippen LogP contribution in [0.1, 0.15) is 27.1 Å². The number of nitrogens with one attached hydrogen (secondary N) is 1. The molecule has 0 spiro atoms. The SMILES string of the molecule is COC(=O)c1ccc(NC(=O)c2ccc(O[C@H]3CCOC3)nc2)cc1. The Morgan fingerprint density at radius 1 is 1.16 bits per heavy atom. The summed E-state index contributed by atoms with van der Waals surface area (Å²) in [6, 6.07) is 9.74. The van der Waals surface area contributed by atoms with Gasteiger partial charge in [-0.25, -0.2) is 9.78 Å². The first kappa shape index (κ1) is 16.9. The molecule has 0 radical (unpaired) electrons. The van der Waals surface area contributed by atoms with Gasteiger partial charge in [0.1, 0.15) is 6.10 Å². The topological polar surface area (TPSA) is 86.8 Å². The van der Waals surface area contributed by atoms with E-state index >= 15 is 0 Å². The normalized spacial score (nSPS) is 16.3. The van der Waals surface area contributed by atoms with Crippen molar-refractivity contribution in [3.05, 3.63) is 53.7 Å². The third-order valence-electron chi connectivity index (χ3n) is 3.74. The van der Waals surface area contributed by atoms with Gasteiger partial charge >= 0.3 is 5.97 Å². The van der Waals surface area contributed by atoms with Crippen molar-refractivity contribution in [3.8, 4) is 5.88 Å². The van der Waals surface area contributed by atoms with Crippen molar-refractivity contribution in [3.63, 3.8) is 0 Å². The molecule has 1 aliphatic rings. The van der Waals surface area contributed by atoms with Crippen LogP contribution < -0.4 is 10.1 Å². The standard InChI is InChI=1S/C18H18N2O5/c1-23-18(22)12-2-5-14(6-3-12)20-17(21)13-4-7-16(19-10-13)25-15-8-9-24-11-15/h2-7,10,15H,8-9,11H2,1H3,(H,20,21)/t15-/m0/s1. The molecule has 1 aromatic carbocycles. The van der Waals surface area contributed by atoms with E-state index in [1.54, 1.807) is 36.4 Å². The zero-order chi connectivity index (χ0) is 17.6. The summed E-state index contributed by atoms with van der Waals surface area (Å²) in [6.07, 6.45) is 2.31. The van der Waals surface area contributed by atoms with Crippen molar-refractivity contribution >= 4 is 17.6 Å². The molecule has 0 bridgehead atoms. The largest absolute Gasteiger partial charge is 0.472 e. The van der Waals surface area contributed by atoms with Crippen molar-refractivity contribution < 1.29 is 23.8 Å². The van der Waals surface area contributed by atoms with Crippen LogP contribution in [0.2, 0.25) is 0 Å². The number of esters is 1. The fourth-order valence-corrected chi connectivity index (χ4v) is 2.37. The van der Waals surface area contributed by atoms with E-state index in [1.165, 1.54) is 13.3 Å². The number of benzene rings is 1. The predicted molar refractivity (Wildman–Crippen MR) is 89.8 cm³/mol. The maximum atomic E-state index is 12.2. The highest BCUT2D eigenvalue weighted by Gasteiger charge is 2.18. The summed E-state index contributed by atoms with van der Waals surface area (Å²) in [4.78, 5) is 27.8. The van der Waals surface area contributed by atoms with Crippen LogP contribution in [0.5, 0.6) is 5.88 Å². The molecule has 7 heteroatoms. The average Bonchev–Trinajstić information content (AvgIpc) is 3.15. The first-order chi connectivity index (χ1) is 12.2. The van der Waals surface area contributed by atoms with Crippen LogP contribution in [0.4, 0.5) is 5.69 Å². The molecule has 7 nitrogen and oxygen atoms in total. The quantitative estimate of drug-likeness (QED) is 0.839. The second kappa shape index (κ2) is 7.76. The van der Waals surface area contributed by atoms with E-state index in [4.69, 9.17) is 9.47 Å². The van der Waals surface area contributed by atoms with E-state index in [-0.39, 0.29) is 12.0 Å². The van der Waals surface area contributed by atoms with Gasteiger partial charge in [0.15, 0.2) is 0 Å². The van der Waals surface area contributed by atoms with Crippen molar-refractivity contribution in [1.29, 1.82) is 0 Å². The second-order valence-electron chi connectivity index (χ2n) is 5.51. The minimum absolute atomic E-state index is 0.0144. The Bertz CT molecular complexity index is 737. The maximum absolute atomic E-state index is 12.2. The number of nitrogens with zero attached hydrogens (tertiary/aromatic N) is 1. The van der Waals surface area contributed by atoms with Gasteiger partial charge in [0.25, 0.3) is 5.91 Å². The number of carbonyl (C=O) groups excluding carboxylic acids is 2.